The monoisotopic (exact) mass is 319 g/mol. The van der Waals surface area contributed by atoms with Crippen molar-refractivity contribution in [3.8, 4) is 0 Å². The second-order valence-electron chi connectivity index (χ2n) is 6.90. The molecule has 0 spiro atoms. The molecule has 108 valence electrons. The van der Waals surface area contributed by atoms with E-state index in [1.165, 1.54) is 25.7 Å². The fourth-order valence-electron chi connectivity index (χ4n) is 3.15. The molecule has 0 unspecified atom stereocenters. The van der Waals surface area contributed by atoms with Crippen LogP contribution in [0.1, 0.15) is 66.2 Å². The van der Waals surface area contributed by atoms with Crippen molar-refractivity contribution in [1.82, 2.24) is 5.32 Å². The summed E-state index contributed by atoms with van der Waals surface area (Å²) in [6.45, 7) is 10.0. The van der Waals surface area contributed by atoms with Crippen LogP contribution in [0.25, 0.3) is 0 Å². The van der Waals surface area contributed by atoms with Crippen LogP contribution in [0.3, 0.4) is 0 Å². The molecule has 1 N–H and O–H groups in total. The van der Waals surface area contributed by atoms with Crippen molar-refractivity contribution in [1.29, 1.82) is 0 Å². The van der Waals surface area contributed by atoms with Crippen molar-refractivity contribution < 1.29 is 4.74 Å². The van der Waals surface area contributed by atoms with E-state index in [0.717, 1.165) is 24.8 Å². The van der Waals surface area contributed by atoms with E-state index in [4.69, 9.17) is 4.74 Å². The molecule has 0 radical (unpaired) electrons. The Balaban J connectivity index is 2.21. The molecule has 1 fully saturated rings. The minimum atomic E-state index is 0.197. The molecule has 0 saturated carbocycles. The maximum absolute atomic E-state index is 6.08. The molecule has 18 heavy (non-hydrogen) atoms. The molecule has 0 atom stereocenters. The Labute approximate surface area is 121 Å². The lowest BCUT2D eigenvalue weighted by atomic mass is 9.81. The third kappa shape index (κ3) is 6.53. The van der Waals surface area contributed by atoms with Gasteiger partial charge in [0, 0.05) is 23.0 Å². The Kier molecular flexibility index (Phi) is 6.63. The number of rotatable bonds is 7. The quantitative estimate of drug-likeness (QED) is 0.559. The fraction of sp³-hybridized carbons (Fsp3) is 1.00. The van der Waals surface area contributed by atoms with Crippen LogP contribution in [-0.4, -0.2) is 29.1 Å². The van der Waals surface area contributed by atoms with Crippen molar-refractivity contribution in [2.75, 3.05) is 11.9 Å². The average molecular weight is 320 g/mol. The van der Waals surface area contributed by atoms with Crippen LogP contribution >= 0.6 is 15.9 Å². The number of unbranched alkanes of at least 4 members (excludes halogenated alkanes) is 3. The molecule has 0 aliphatic carbocycles. The molecular formula is C15H30BrNO. The summed E-state index contributed by atoms with van der Waals surface area (Å²) in [5, 5.41) is 4.82. The summed E-state index contributed by atoms with van der Waals surface area (Å²) in [5.74, 6) is 0. The average Bonchev–Trinajstić information content (AvgIpc) is 2.18. The number of piperidine rings is 1. The van der Waals surface area contributed by atoms with E-state index >= 15 is 0 Å². The first-order valence-electron chi connectivity index (χ1n) is 7.32. The van der Waals surface area contributed by atoms with Crippen molar-refractivity contribution in [3.63, 3.8) is 0 Å². The third-order valence-corrected chi connectivity index (χ3v) is 4.09. The first-order valence-corrected chi connectivity index (χ1v) is 8.44. The van der Waals surface area contributed by atoms with Gasteiger partial charge in [0.15, 0.2) is 0 Å². The summed E-state index contributed by atoms with van der Waals surface area (Å²) < 4.78 is 6.08. The highest BCUT2D eigenvalue weighted by molar-refractivity contribution is 9.09. The first kappa shape index (κ1) is 16.5. The lowest BCUT2D eigenvalue weighted by Gasteiger charge is -2.46. The van der Waals surface area contributed by atoms with E-state index in [-0.39, 0.29) is 11.1 Å². The molecular weight excluding hydrogens is 290 g/mol. The molecule has 0 bridgehead atoms. The summed E-state index contributed by atoms with van der Waals surface area (Å²) in [4.78, 5) is 0. The summed E-state index contributed by atoms with van der Waals surface area (Å²) >= 11 is 3.47. The molecule has 0 aromatic rings. The van der Waals surface area contributed by atoms with E-state index in [2.05, 4.69) is 48.9 Å². The Morgan fingerprint density at radius 3 is 2.11 bits per heavy atom. The Bertz CT molecular complexity index is 225. The smallest absolute Gasteiger partial charge is 0.0609 e. The second-order valence-corrected chi connectivity index (χ2v) is 7.69. The zero-order valence-corrected chi connectivity index (χ0v) is 14.1. The van der Waals surface area contributed by atoms with Crippen molar-refractivity contribution in [2.24, 2.45) is 0 Å². The number of ether oxygens (including phenoxy) is 1. The minimum Gasteiger partial charge on any atom is -0.378 e. The molecule has 1 heterocycles. The second kappa shape index (κ2) is 7.25. The maximum atomic E-state index is 6.08. The van der Waals surface area contributed by atoms with Gasteiger partial charge in [-0.25, -0.2) is 0 Å². The highest BCUT2D eigenvalue weighted by Crippen LogP contribution is 2.30. The van der Waals surface area contributed by atoms with Crippen LogP contribution in [0.2, 0.25) is 0 Å². The predicted molar refractivity (Wildman–Crippen MR) is 82.5 cm³/mol. The van der Waals surface area contributed by atoms with Gasteiger partial charge in [0.2, 0.25) is 0 Å². The highest BCUT2D eigenvalue weighted by atomic mass is 79.9. The summed E-state index contributed by atoms with van der Waals surface area (Å²) in [6.07, 6.45) is 7.77. The largest absolute Gasteiger partial charge is 0.378 e. The number of hydrogen-bond donors (Lipinski definition) is 1. The van der Waals surface area contributed by atoms with Crippen molar-refractivity contribution >= 4 is 15.9 Å². The Morgan fingerprint density at radius 1 is 1.00 bits per heavy atom. The Hall–Kier alpha value is 0.400. The van der Waals surface area contributed by atoms with E-state index in [1.807, 2.05) is 0 Å². The summed E-state index contributed by atoms with van der Waals surface area (Å²) in [7, 11) is 0. The van der Waals surface area contributed by atoms with Gasteiger partial charge in [-0.15, -0.1) is 0 Å². The maximum Gasteiger partial charge on any atom is 0.0609 e. The van der Waals surface area contributed by atoms with E-state index in [9.17, 15) is 0 Å². The molecule has 0 amide bonds. The molecule has 1 aliphatic heterocycles. The van der Waals surface area contributed by atoms with Gasteiger partial charge in [-0.3, -0.25) is 0 Å². The standard InChI is InChI=1S/C15H30BrNO/c1-14(2)11-13(12-15(3,4)17-14)18-10-8-6-5-7-9-16/h13,17H,5-12H2,1-4H3. The predicted octanol–water partition coefficient (Wildman–Crippen LogP) is 4.27. The zero-order chi connectivity index (χ0) is 13.6. The number of alkyl halides is 1. The SMILES string of the molecule is CC1(C)CC(OCCCCCCBr)CC(C)(C)N1. The molecule has 1 aliphatic rings. The van der Waals surface area contributed by atoms with Crippen LogP contribution in [0.15, 0.2) is 0 Å². The normalized spacial score (nSPS) is 23.2. The molecule has 0 aromatic carbocycles. The van der Waals surface area contributed by atoms with Gasteiger partial charge >= 0.3 is 0 Å². The third-order valence-electron chi connectivity index (χ3n) is 3.53. The van der Waals surface area contributed by atoms with Gasteiger partial charge in [-0.1, -0.05) is 28.8 Å². The zero-order valence-electron chi connectivity index (χ0n) is 12.5. The number of halogens is 1. The van der Waals surface area contributed by atoms with Gasteiger partial charge in [-0.05, 0) is 53.4 Å². The van der Waals surface area contributed by atoms with E-state index in [1.54, 1.807) is 0 Å². The van der Waals surface area contributed by atoms with Gasteiger partial charge in [0.05, 0.1) is 6.10 Å². The lowest BCUT2D eigenvalue weighted by Crippen LogP contribution is -2.59. The molecule has 1 rings (SSSR count). The molecule has 1 saturated heterocycles. The van der Waals surface area contributed by atoms with Crippen molar-refractivity contribution in [3.05, 3.63) is 0 Å². The minimum absolute atomic E-state index is 0.197. The highest BCUT2D eigenvalue weighted by Gasteiger charge is 2.37. The van der Waals surface area contributed by atoms with E-state index in [0.29, 0.717) is 6.10 Å². The summed E-state index contributed by atoms with van der Waals surface area (Å²) in [6, 6.07) is 0. The van der Waals surface area contributed by atoms with Gasteiger partial charge in [0.1, 0.15) is 0 Å². The van der Waals surface area contributed by atoms with Crippen LogP contribution in [0.5, 0.6) is 0 Å². The topological polar surface area (TPSA) is 21.3 Å². The van der Waals surface area contributed by atoms with Gasteiger partial charge in [-0.2, -0.15) is 0 Å². The molecule has 0 aromatic heterocycles. The molecule has 2 nitrogen and oxygen atoms in total. The summed E-state index contributed by atoms with van der Waals surface area (Å²) in [5.41, 5.74) is 0.394. The molecule has 3 heteroatoms. The van der Waals surface area contributed by atoms with Crippen molar-refractivity contribution in [2.45, 2.75) is 83.4 Å². The van der Waals surface area contributed by atoms with Gasteiger partial charge < -0.3 is 10.1 Å². The van der Waals surface area contributed by atoms with Crippen LogP contribution in [-0.2, 0) is 4.74 Å². The Morgan fingerprint density at radius 2 is 1.56 bits per heavy atom. The van der Waals surface area contributed by atoms with Gasteiger partial charge in [0.25, 0.3) is 0 Å². The number of hydrogen-bond acceptors (Lipinski definition) is 2. The lowest BCUT2D eigenvalue weighted by molar-refractivity contribution is -0.0228. The van der Waals surface area contributed by atoms with Crippen LogP contribution in [0.4, 0.5) is 0 Å². The fourth-order valence-corrected chi connectivity index (χ4v) is 3.54. The van der Waals surface area contributed by atoms with Crippen LogP contribution in [0, 0.1) is 0 Å². The first-order chi connectivity index (χ1) is 8.35. The van der Waals surface area contributed by atoms with Crippen LogP contribution < -0.4 is 5.32 Å². The van der Waals surface area contributed by atoms with E-state index < -0.39 is 0 Å². The number of nitrogens with one attached hydrogen (secondary N) is 1.